The number of aromatic hydroxyl groups is 1. The minimum atomic E-state index is -0.254. The lowest BCUT2D eigenvalue weighted by Crippen LogP contribution is -2.28. The Bertz CT molecular complexity index is 1110. The Morgan fingerprint density at radius 2 is 2.14 bits per heavy atom. The summed E-state index contributed by atoms with van der Waals surface area (Å²) in [5.74, 6) is 0.408. The van der Waals surface area contributed by atoms with Crippen molar-refractivity contribution in [3.05, 3.63) is 80.2 Å². The van der Waals surface area contributed by atoms with E-state index in [9.17, 15) is 9.90 Å². The number of furan rings is 1. The van der Waals surface area contributed by atoms with E-state index in [0.29, 0.717) is 26.4 Å². The Kier molecular flexibility index (Phi) is 5.84. The molecule has 3 aromatic rings. The summed E-state index contributed by atoms with van der Waals surface area (Å²) in [6.45, 7) is 0.227. The quantitative estimate of drug-likeness (QED) is 0.333. The number of benzene rings is 1. The first kappa shape index (κ1) is 19.5. The van der Waals surface area contributed by atoms with Gasteiger partial charge in [-0.1, -0.05) is 17.7 Å². The lowest BCUT2D eigenvalue weighted by Gasteiger charge is -2.12. The van der Waals surface area contributed by atoms with Crippen LogP contribution in [-0.4, -0.2) is 27.3 Å². The van der Waals surface area contributed by atoms with E-state index in [1.165, 1.54) is 22.7 Å². The normalized spacial score (nSPS) is 17.3. The number of carbonyl (C=O) groups is 1. The maximum Gasteiger partial charge on any atom is 0.267 e. The van der Waals surface area contributed by atoms with Crippen LogP contribution >= 0.6 is 34.7 Å². The Morgan fingerprint density at radius 3 is 2.90 bits per heavy atom. The van der Waals surface area contributed by atoms with Crippen LogP contribution in [0.1, 0.15) is 16.2 Å². The van der Waals surface area contributed by atoms with Gasteiger partial charge >= 0.3 is 0 Å². The number of amides is 1. The number of phenols is 1. The van der Waals surface area contributed by atoms with E-state index >= 15 is 0 Å². The molecule has 1 N–H and O–H groups in total. The second-order valence-corrected chi connectivity index (χ2v) is 8.35. The van der Waals surface area contributed by atoms with Crippen molar-refractivity contribution in [1.29, 1.82) is 0 Å². The first-order valence-electron chi connectivity index (χ1n) is 8.47. The second kappa shape index (κ2) is 8.69. The molecule has 146 valence electrons. The molecule has 1 aliphatic rings. The number of amidine groups is 1. The molecule has 0 radical (unpaired) electrons. The van der Waals surface area contributed by atoms with Gasteiger partial charge in [-0.15, -0.1) is 16.4 Å². The van der Waals surface area contributed by atoms with Crippen molar-refractivity contribution in [2.24, 2.45) is 10.2 Å². The summed E-state index contributed by atoms with van der Waals surface area (Å²) in [5.41, 5.74) is 0.453. The zero-order chi connectivity index (χ0) is 20.2. The molecule has 0 unspecified atom stereocenters. The molecule has 0 saturated carbocycles. The van der Waals surface area contributed by atoms with Crippen molar-refractivity contribution in [2.75, 3.05) is 0 Å². The lowest BCUT2D eigenvalue weighted by molar-refractivity contribution is -0.122. The topological polar surface area (TPSA) is 78.4 Å². The summed E-state index contributed by atoms with van der Waals surface area (Å²) in [7, 11) is 0. The number of nitrogens with zero attached hydrogens (tertiary/aromatic N) is 3. The molecular weight excluding hydrogens is 430 g/mol. The van der Waals surface area contributed by atoms with E-state index in [1.54, 1.807) is 54.2 Å². The SMILES string of the molecule is O=C1/C(=C/c2cc(Cl)ccc2O)S/C(=N/N=C\c2cccs2)N1Cc1ccco1. The number of hydrogen-bond acceptors (Lipinski definition) is 7. The van der Waals surface area contributed by atoms with Crippen LogP contribution in [0.2, 0.25) is 5.02 Å². The van der Waals surface area contributed by atoms with E-state index in [4.69, 9.17) is 16.0 Å². The second-order valence-electron chi connectivity index (χ2n) is 5.93. The highest BCUT2D eigenvalue weighted by Crippen LogP contribution is 2.35. The van der Waals surface area contributed by atoms with Crippen molar-refractivity contribution in [3.63, 3.8) is 0 Å². The fraction of sp³-hybridized carbons (Fsp3) is 0.0500. The van der Waals surface area contributed by atoms with Crippen molar-refractivity contribution >= 4 is 58.1 Å². The Hall–Kier alpha value is -2.81. The fourth-order valence-electron chi connectivity index (χ4n) is 2.56. The smallest absolute Gasteiger partial charge is 0.267 e. The van der Waals surface area contributed by atoms with Crippen LogP contribution in [0.15, 0.2) is 73.6 Å². The van der Waals surface area contributed by atoms with Crippen molar-refractivity contribution in [1.82, 2.24) is 4.90 Å². The van der Waals surface area contributed by atoms with Gasteiger partial charge in [-0.3, -0.25) is 9.69 Å². The number of thiophene rings is 1. The van der Waals surface area contributed by atoms with Crippen LogP contribution in [0.3, 0.4) is 0 Å². The van der Waals surface area contributed by atoms with E-state index < -0.39 is 0 Å². The van der Waals surface area contributed by atoms with Gasteiger partial charge in [0.15, 0.2) is 5.17 Å². The van der Waals surface area contributed by atoms with Crippen LogP contribution in [-0.2, 0) is 11.3 Å². The van der Waals surface area contributed by atoms with Crippen LogP contribution in [0.25, 0.3) is 6.08 Å². The van der Waals surface area contributed by atoms with Gasteiger partial charge in [0.2, 0.25) is 0 Å². The number of halogens is 1. The third-order valence-electron chi connectivity index (χ3n) is 3.93. The van der Waals surface area contributed by atoms with E-state index in [-0.39, 0.29) is 18.2 Å². The number of phenolic OH excluding ortho intramolecular Hbond substituents is 1. The molecule has 3 heterocycles. The molecule has 0 aliphatic carbocycles. The van der Waals surface area contributed by atoms with E-state index in [2.05, 4.69) is 10.2 Å². The predicted molar refractivity (Wildman–Crippen MR) is 117 cm³/mol. The zero-order valence-electron chi connectivity index (χ0n) is 14.9. The molecule has 6 nitrogen and oxygen atoms in total. The van der Waals surface area contributed by atoms with Crippen LogP contribution in [0.5, 0.6) is 5.75 Å². The third-order valence-corrected chi connectivity index (χ3v) is 5.97. The molecule has 9 heteroatoms. The van der Waals surface area contributed by atoms with Crippen LogP contribution < -0.4 is 0 Å². The number of rotatable bonds is 5. The van der Waals surface area contributed by atoms with Gasteiger partial charge in [-0.2, -0.15) is 5.10 Å². The van der Waals surface area contributed by atoms with Crippen molar-refractivity contribution in [2.45, 2.75) is 6.54 Å². The Labute approximate surface area is 179 Å². The molecule has 0 spiro atoms. The first-order valence-corrected chi connectivity index (χ1v) is 10.5. The molecule has 1 fully saturated rings. The molecule has 1 aliphatic heterocycles. The molecule has 1 amide bonds. The minimum absolute atomic E-state index is 0.0361. The number of thioether (sulfide) groups is 1. The monoisotopic (exact) mass is 443 g/mol. The van der Waals surface area contributed by atoms with Gasteiger partial charge in [-0.05, 0) is 59.6 Å². The highest BCUT2D eigenvalue weighted by Gasteiger charge is 2.34. The molecule has 4 rings (SSSR count). The molecule has 29 heavy (non-hydrogen) atoms. The van der Waals surface area contributed by atoms with Crippen LogP contribution in [0, 0.1) is 0 Å². The minimum Gasteiger partial charge on any atom is -0.507 e. The number of hydrogen-bond donors (Lipinski definition) is 1. The van der Waals surface area contributed by atoms with Gasteiger partial charge in [0.25, 0.3) is 5.91 Å². The fourth-order valence-corrected chi connectivity index (χ4v) is 4.25. The molecule has 2 aromatic heterocycles. The van der Waals surface area contributed by atoms with Crippen molar-refractivity contribution < 1.29 is 14.3 Å². The summed E-state index contributed by atoms with van der Waals surface area (Å²) in [6.07, 6.45) is 4.78. The highest BCUT2D eigenvalue weighted by molar-refractivity contribution is 8.18. The van der Waals surface area contributed by atoms with Gasteiger partial charge in [0.1, 0.15) is 11.5 Å². The van der Waals surface area contributed by atoms with Gasteiger partial charge in [0, 0.05) is 15.5 Å². The summed E-state index contributed by atoms with van der Waals surface area (Å²) < 4.78 is 5.37. The highest BCUT2D eigenvalue weighted by atomic mass is 35.5. The van der Waals surface area contributed by atoms with Crippen molar-refractivity contribution in [3.8, 4) is 5.75 Å². The summed E-state index contributed by atoms with van der Waals surface area (Å²) in [6, 6.07) is 12.1. The van der Waals surface area contributed by atoms with E-state index in [1.807, 2.05) is 17.5 Å². The lowest BCUT2D eigenvalue weighted by atomic mass is 10.2. The summed E-state index contributed by atoms with van der Waals surface area (Å²) in [5, 5.41) is 21.2. The molecule has 1 saturated heterocycles. The Morgan fingerprint density at radius 1 is 1.24 bits per heavy atom. The third kappa shape index (κ3) is 4.61. The summed E-state index contributed by atoms with van der Waals surface area (Å²) >= 11 is 8.73. The Balaban J connectivity index is 1.65. The first-order chi connectivity index (χ1) is 14.1. The van der Waals surface area contributed by atoms with Gasteiger partial charge in [0.05, 0.1) is 23.9 Å². The largest absolute Gasteiger partial charge is 0.507 e. The van der Waals surface area contributed by atoms with Gasteiger partial charge < -0.3 is 9.52 Å². The number of carbonyl (C=O) groups excluding carboxylic acids is 1. The molecule has 0 atom stereocenters. The maximum absolute atomic E-state index is 13.0. The average Bonchev–Trinajstić information content (AvgIpc) is 3.45. The van der Waals surface area contributed by atoms with Crippen LogP contribution in [0.4, 0.5) is 0 Å². The summed E-state index contributed by atoms with van der Waals surface area (Å²) in [4.78, 5) is 15.8. The molecule has 0 bridgehead atoms. The average molecular weight is 444 g/mol. The maximum atomic E-state index is 13.0. The molecular formula is C20H14ClN3O3S2. The zero-order valence-corrected chi connectivity index (χ0v) is 17.2. The van der Waals surface area contributed by atoms with E-state index in [0.717, 1.165) is 4.88 Å². The predicted octanol–water partition coefficient (Wildman–Crippen LogP) is 5.21. The van der Waals surface area contributed by atoms with Gasteiger partial charge in [-0.25, -0.2) is 0 Å². The molecule has 1 aromatic carbocycles. The standard InChI is InChI=1S/C20H14ClN3O3S2/c21-14-5-6-17(25)13(9-14)10-18-19(26)24(12-15-3-1-7-27-15)20(29-18)23-22-11-16-4-2-8-28-16/h1-11,25H,12H2/b18-10-,22-11-,23-20+.